The van der Waals surface area contributed by atoms with Gasteiger partial charge < -0.3 is 14.5 Å². The van der Waals surface area contributed by atoms with Crippen molar-refractivity contribution in [3.05, 3.63) is 76.5 Å². The number of nitrogens with one attached hydrogen (secondary N) is 1. The number of furan rings is 1. The zero-order valence-corrected chi connectivity index (χ0v) is 17.4. The largest absolute Gasteiger partial charge is 0.494 e. The van der Waals surface area contributed by atoms with Gasteiger partial charge in [-0.3, -0.25) is 4.79 Å². The summed E-state index contributed by atoms with van der Waals surface area (Å²) in [5.41, 5.74) is -0.637. The number of amides is 1. The SMILES string of the molecule is CCOc1ccc(NC(=O)/C(C#N)=C/c2ccc(-c3cc(C(F)(F)F)ccc3Cl)o2)cc1. The smallest absolute Gasteiger partial charge is 0.416 e. The molecular weight excluding hydrogens is 445 g/mol. The van der Waals surface area contributed by atoms with Crippen molar-refractivity contribution in [2.45, 2.75) is 13.1 Å². The van der Waals surface area contributed by atoms with Crippen LogP contribution in [0.25, 0.3) is 17.4 Å². The van der Waals surface area contributed by atoms with Gasteiger partial charge in [0.15, 0.2) is 0 Å². The molecule has 0 radical (unpaired) electrons. The number of nitrogens with zero attached hydrogens (tertiary/aromatic N) is 1. The van der Waals surface area contributed by atoms with Crippen LogP contribution in [0.15, 0.2) is 64.6 Å². The highest BCUT2D eigenvalue weighted by Crippen LogP contribution is 2.36. The number of nitriles is 1. The minimum atomic E-state index is -4.54. The van der Waals surface area contributed by atoms with E-state index in [1.54, 1.807) is 30.3 Å². The normalized spacial score (nSPS) is 11.7. The van der Waals surface area contributed by atoms with E-state index in [0.29, 0.717) is 18.0 Å². The van der Waals surface area contributed by atoms with Gasteiger partial charge in [0, 0.05) is 17.3 Å². The number of carbonyl (C=O) groups excluding carboxylic acids is 1. The van der Waals surface area contributed by atoms with E-state index in [-0.39, 0.29) is 27.7 Å². The highest BCUT2D eigenvalue weighted by Gasteiger charge is 2.31. The number of rotatable bonds is 6. The van der Waals surface area contributed by atoms with Crippen LogP contribution >= 0.6 is 11.6 Å². The zero-order valence-electron chi connectivity index (χ0n) is 16.7. The van der Waals surface area contributed by atoms with E-state index in [0.717, 1.165) is 18.2 Å². The molecule has 0 saturated heterocycles. The van der Waals surface area contributed by atoms with Crippen molar-refractivity contribution >= 4 is 29.3 Å². The second-order valence-electron chi connectivity index (χ2n) is 6.48. The average Bonchev–Trinajstić information content (AvgIpc) is 3.21. The number of hydrogen-bond donors (Lipinski definition) is 1. The molecule has 164 valence electrons. The minimum Gasteiger partial charge on any atom is -0.494 e. The Morgan fingerprint density at radius 1 is 1.19 bits per heavy atom. The van der Waals surface area contributed by atoms with Crippen molar-refractivity contribution in [1.82, 2.24) is 0 Å². The summed E-state index contributed by atoms with van der Waals surface area (Å²) >= 11 is 6.03. The van der Waals surface area contributed by atoms with Gasteiger partial charge in [-0.15, -0.1) is 0 Å². The fourth-order valence-corrected chi connectivity index (χ4v) is 2.97. The van der Waals surface area contributed by atoms with E-state index in [1.165, 1.54) is 18.2 Å². The van der Waals surface area contributed by atoms with Crippen molar-refractivity contribution in [1.29, 1.82) is 5.26 Å². The van der Waals surface area contributed by atoms with Crippen LogP contribution in [-0.2, 0) is 11.0 Å². The summed E-state index contributed by atoms with van der Waals surface area (Å²) in [4.78, 5) is 12.4. The molecule has 0 atom stereocenters. The predicted molar refractivity (Wildman–Crippen MR) is 114 cm³/mol. The molecule has 0 aliphatic rings. The number of carbonyl (C=O) groups is 1. The van der Waals surface area contributed by atoms with Crippen molar-refractivity contribution < 1.29 is 27.1 Å². The third kappa shape index (κ3) is 5.50. The molecule has 0 aliphatic carbocycles. The molecule has 0 unspecified atom stereocenters. The minimum absolute atomic E-state index is 0.0403. The summed E-state index contributed by atoms with van der Waals surface area (Å²) in [5.74, 6) is 0.132. The molecule has 0 spiro atoms. The maximum absolute atomic E-state index is 13.0. The maximum Gasteiger partial charge on any atom is 0.416 e. The second-order valence-corrected chi connectivity index (χ2v) is 6.88. The molecule has 0 bridgehead atoms. The lowest BCUT2D eigenvalue weighted by atomic mass is 10.1. The number of benzene rings is 2. The third-order valence-electron chi connectivity index (χ3n) is 4.26. The molecule has 3 aromatic rings. The standard InChI is InChI=1S/C23H16ClF3N2O3/c1-2-31-17-6-4-16(5-7-17)29-22(30)14(13-28)11-18-8-10-21(32-18)19-12-15(23(25,26)27)3-9-20(19)24/h3-12H,2H2,1H3,(H,29,30)/b14-11+. The Kier molecular flexibility index (Phi) is 6.91. The Morgan fingerprint density at radius 2 is 1.91 bits per heavy atom. The van der Waals surface area contributed by atoms with Crippen LogP contribution in [0.2, 0.25) is 5.02 Å². The number of anilines is 1. The van der Waals surface area contributed by atoms with Crippen LogP contribution in [-0.4, -0.2) is 12.5 Å². The molecule has 5 nitrogen and oxygen atoms in total. The Hall–Kier alpha value is -3.70. The molecule has 0 aliphatic heterocycles. The summed E-state index contributed by atoms with van der Waals surface area (Å²) in [6.07, 6.45) is -3.35. The number of hydrogen-bond acceptors (Lipinski definition) is 4. The van der Waals surface area contributed by atoms with Gasteiger partial charge >= 0.3 is 6.18 Å². The number of alkyl halides is 3. The predicted octanol–water partition coefficient (Wildman–Crippen LogP) is 6.56. The molecule has 32 heavy (non-hydrogen) atoms. The summed E-state index contributed by atoms with van der Waals surface area (Å²) in [5, 5.41) is 12.0. The van der Waals surface area contributed by atoms with Gasteiger partial charge in [0.25, 0.3) is 5.91 Å². The molecular formula is C23H16ClF3N2O3. The average molecular weight is 461 g/mol. The maximum atomic E-state index is 13.0. The second kappa shape index (κ2) is 9.62. The molecule has 1 N–H and O–H groups in total. The van der Waals surface area contributed by atoms with E-state index >= 15 is 0 Å². The van der Waals surface area contributed by atoms with Gasteiger partial charge in [-0.25, -0.2) is 0 Å². The van der Waals surface area contributed by atoms with Crippen LogP contribution in [0.5, 0.6) is 5.75 Å². The first-order chi connectivity index (χ1) is 15.2. The van der Waals surface area contributed by atoms with Crippen LogP contribution in [0, 0.1) is 11.3 Å². The summed E-state index contributed by atoms with van der Waals surface area (Å²) in [6.45, 7) is 2.35. The van der Waals surface area contributed by atoms with Crippen molar-refractivity contribution in [3.8, 4) is 23.1 Å². The fourth-order valence-electron chi connectivity index (χ4n) is 2.76. The van der Waals surface area contributed by atoms with E-state index in [4.69, 9.17) is 20.8 Å². The monoisotopic (exact) mass is 460 g/mol. The van der Waals surface area contributed by atoms with Crippen LogP contribution in [0.1, 0.15) is 18.2 Å². The molecule has 1 heterocycles. The van der Waals surface area contributed by atoms with Gasteiger partial charge in [-0.2, -0.15) is 18.4 Å². The van der Waals surface area contributed by atoms with E-state index in [9.17, 15) is 23.2 Å². The van der Waals surface area contributed by atoms with E-state index < -0.39 is 17.6 Å². The molecule has 1 aromatic heterocycles. The van der Waals surface area contributed by atoms with Crippen LogP contribution in [0.4, 0.5) is 18.9 Å². The zero-order chi connectivity index (χ0) is 23.3. The van der Waals surface area contributed by atoms with E-state index in [1.807, 2.05) is 6.92 Å². The topological polar surface area (TPSA) is 75.3 Å². The highest BCUT2D eigenvalue weighted by atomic mass is 35.5. The molecule has 1 amide bonds. The summed E-state index contributed by atoms with van der Waals surface area (Å²) in [6, 6.07) is 14.1. The Morgan fingerprint density at radius 3 is 2.53 bits per heavy atom. The highest BCUT2D eigenvalue weighted by molar-refractivity contribution is 6.33. The molecule has 0 saturated carbocycles. The summed E-state index contributed by atoms with van der Waals surface area (Å²) in [7, 11) is 0. The Bertz CT molecular complexity index is 1190. The van der Waals surface area contributed by atoms with Gasteiger partial charge in [-0.05, 0) is 61.5 Å². The lowest BCUT2D eigenvalue weighted by Gasteiger charge is -2.09. The summed E-state index contributed by atoms with van der Waals surface area (Å²) < 4.78 is 49.8. The van der Waals surface area contributed by atoms with Crippen LogP contribution in [0.3, 0.4) is 0 Å². The number of halogens is 4. The van der Waals surface area contributed by atoms with Crippen LogP contribution < -0.4 is 10.1 Å². The first-order valence-electron chi connectivity index (χ1n) is 9.34. The van der Waals surface area contributed by atoms with Gasteiger partial charge in [-0.1, -0.05) is 11.6 Å². The van der Waals surface area contributed by atoms with Gasteiger partial charge in [0.05, 0.1) is 17.2 Å². The first kappa shape index (κ1) is 23.0. The van der Waals surface area contributed by atoms with Crippen molar-refractivity contribution in [2.75, 3.05) is 11.9 Å². The van der Waals surface area contributed by atoms with Crippen molar-refractivity contribution in [3.63, 3.8) is 0 Å². The van der Waals surface area contributed by atoms with E-state index in [2.05, 4.69) is 5.32 Å². The molecule has 2 aromatic carbocycles. The van der Waals surface area contributed by atoms with Gasteiger partial charge in [0.2, 0.25) is 0 Å². The lowest BCUT2D eigenvalue weighted by molar-refractivity contribution is -0.137. The lowest BCUT2D eigenvalue weighted by Crippen LogP contribution is -2.13. The molecule has 3 rings (SSSR count). The quantitative estimate of drug-likeness (QED) is 0.334. The Balaban J connectivity index is 1.81. The van der Waals surface area contributed by atoms with Crippen molar-refractivity contribution in [2.24, 2.45) is 0 Å². The Labute approximate surface area is 186 Å². The molecule has 9 heteroatoms. The third-order valence-corrected chi connectivity index (χ3v) is 4.59. The fraction of sp³-hybridized carbons (Fsp3) is 0.130. The van der Waals surface area contributed by atoms with Gasteiger partial charge in [0.1, 0.15) is 28.9 Å². The molecule has 0 fully saturated rings. The number of ether oxygens (including phenoxy) is 1. The first-order valence-corrected chi connectivity index (χ1v) is 9.72.